The molecule has 1 rings (SSSR count). The van der Waals surface area contributed by atoms with Crippen LogP contribution in [0.1, 0.15) is 17.3 Å². The molecule has 1 atom stereocenters. The third-order valence-electron chi connectivity index (χ3n) is 2.17. The van der Waals surface area contributed by atoms with E-state index in [1.54, 1.807) is 0 Å². The molecule has 17 heavy (non-hydrogen) atoms. The molecule has 0 saturated carbocycles. The van der Waals surface area contributed by atoms with Crippen molar-refractivity contribution in [3.63, 3.8) is 0 Å². The summed E-state index contributed by atoms with van der Waals surface area (Å²) in [5, 5.41) is 11.8. The zero-order chi connectivity index (χ0) is 13.0. The summed E-state index contributed by atoms with van der Waals surface area (Å²) in [7, 11) is 0. The molecule has 0 saturated heterocycles. The predicted molar refractivity (Wildman–Crippen MR) is 65.6 cm³/mol. The van der Waals surface area contributed by atoms with Crippen molar-refractivity contribution < 1.29 is 14.7 Å². The molecule has 2 N–H and O–H groups in total. The Hall–Kier alpha value is -1.26. The Labute approximate surface area is 109 Å². The van der Waals surface area contributed by atoms with Crippen LogP contribution in [0.25, 0.3) is 0 Å². The highest BCUT2D eigenvalue weighted by Crippen LogP contribution is 2.22. The van der Waals surface area contributed by atoms with Gasteiger partial charge in [0.15, 0.2) is 0 Å². The van der Waals surface area contributed by atoms with Crippen molar-refractivity contribution in [3.8, 4) is 0 Å². The van der Waals surface area contributed by atoms with Gasteiger partial charge >= 0.3 is 5.97 Å². The number of carbonyl (C=O) groups is 2. The molecular formula is C11H11Cl2NO3. The fourth-order valence-electron chi connectivity index (χ4n) is 1.07. The average molecular weight is 276 g/mol. The number of carboxylic acid groups (broad SMARTS) is 1. The molecule has 0 aliphatic rings. The Morgan fingerprint density at radius 1 is 1.35 bits per heavy atom. The van der Waals surface area contributed by atoms with E-state index in [0.29, 0.717) is 10.6 Å². The number of halogens is 2. The molecule has 0 bridgehead atoms. The molecule has 0 spiro atoms. The first kappa shape index (κ1) is 13.8. The molecule has 1 aromatic carbocycles. The molecule has 0 aliphatic carbocycles. The molecule has 0 aliphatic heterocycles. The lowest BCUT2D eigenvalue weighted by Gasteiger charge is -2.08. The average Bonchev–Trinajstić information content (AvgIpc) is 2.28. The largest absolute Gasteiger partial charge is 0.481 e. The van der Waals surface area contributed by atoms with E-state index in [9.17, 15) is 9.59 Å². The van der Waals surface area contributed by atoms with Gasteiger partial charge in [0.25, 0.3) is 5.91 Å². The Morgan fingerprint density at radius 3 is 2.53 bits per heavy atom. The smallest absolute Gasteiger partial charge is 0.308 e. The number of benzene rings is 1. The van der Waals surface area contributed by atoms with Gasteiger partial charge in [0.05, 0.1) is 16.0 Å². The van der Waals surface area contributed by atoms with Crippen LogP contribution >= 0.6 is 23.2 Å². The maximum absolute atomic E-state index is 11.6. The molecule has 1 unspecified atom stereocenters. The number of rotatable bonds is 4. The summed E-state index contributed by atoms with van der Waals surface area (Å²) in [6, 6.07) is 4.47. The summed E-state index contributed by atoms with van der Waals surface area (Å²) in [6.07, 6.45) is 0. The quantitative estimate of drug-likeness (QED) is 0.887. The Bertz CT molecular complexity index is 448. The highest BCUT2D eigenvalue weighted by atomic mass is 35.5. The summed E-state index contributed by atoms with van der Waals surface area (Å²) in [5.41, 5.74) is 0.344. The van der Waals surface area contributed by atoms with E-state index in [4.69, 9.17) is 28.3 Å². The minimum absolute atomic E-state index is 0.0639. The topological polar surface area (TPSA) is 66.4 Å². The second-order valence-corrected chi connectivity index (χ2v) is 4.39. The van der Waals surface area contributed by atoms with Crippen molar-refractivity contribution in [2.24, 2.45) is 5.92 Å². The Balaban J connectivity index is 2.64. The van der Waals surface area contributed by atoms with Gasteiger partial charge in [0.1, 0.15) is 0 Å². The van der Waals surface area contributed by atoms with Gasteiger partial charge in [-0.2, -0.15) is 0 Å². The lowest BCUT2D eigenvalue weighted by molar-refractivity contribution is -0.140. The summed E-state index contributed by atoms with van der Waals surface area (Å²) in [5.74, 6) is -1.97. The van der Waals surface area contributed by atoms with E-state index in [1.165, 1.54) is 25.1 Å². The maximum atomic E-state index is 11.6. The monoisotopic (exact) mass is 275 g/mol. The van der Waals surface area contributed by atoms with Gasteiger partial charge < -0.3 is 10.4 Å². The van der Waals surface area contributed by atoms with Crippen molar-refractivity contribution in [1.82, 2.24) is 5.32 Å². The highest BCUT2D eigenvalue weighted by Gasteiger charge is 2.13. The number of amides is 1. The minimum Gasteiger partial charge on any atom is -0.481 e. The number of hydrogen-bond donors (Lipinski definition) is 2. The molecule has 0 aromatic heterocycles. The van der Waals surface area contributed by atoms with Gasteiger partial charge in [-0.25, -0.2) is 0 Å². The van der Waals surface area contributed by atoms with Gasteiger partial charge in [-0.3, -0.25) is 9.59 Å². The van der Waals surface area contributed by atoms with E-state index in [0.717, 1.165) is 0 Å². The van der Waals surface area contributed by atoms with Gasteiger partial charge in [-0.05, 0) is 18.2 Å². The number of nitrogens with one attached hydrogen (secondary N) is 1. The summed E-state index contributed by atoms with van der Waals surface area (Å²) in [6.45, 7) is 1.58. The zero-order valence-electron chi connectivity index (χ0n) is 9.04. The normalized spacial score (nSPS) is 11.9. The van der Waals surface area contributed by atoms with E-state index >= 15 is 0 Å². The van der Waals surface area contributed by atoms with Gasteiger partial charge in [0.2, 0.25) is 0 Å². The van der Waals surface area contributed by atoms with Crippen LogP contribution in [-0.2, 0) is 4.79 Å². The second-order valence-electron chi connectivity index (χ2n) is 3.58. The molecular weight excluding hydrogens is 265 g/mol. The molecule has 1 amide bonds. The van der Waals surface area contributed by atoms with Crippen LogP contribution < -0.4 is 5.32 Å². The van der Waals surface area contributed by atoms with Gasteiger partial charge in [-0.15, -0.1) is 0 Å². The number of aliphatic carboxylic acids is 1. The first-order valence-corrected chi connectivity index (χ1v) is 5.63. The molecule has 6 heteroatoms. The van der Waals surface area contributed by atoms with Crippen LogP contribution in [0.4, 0.5) is 0 Å². The first-order valence-electron chi connectivity index (χ1n) is 4.88. The molecule has 0 fully saturated rings. The van der Waals surface area contributed by atoms with Crippen molar-refractivity contribution in [3.05, 3.63) is 33.8 Å². The zero-order valence-corrected chi connectivity index (χ0v) is 10.5. The summed E-state index contributed by atoms with van der Waals surface area (Å²) < 4.78 is 0. The third kappa shape index (κ3) is 3.91. The third-order valence-corrected chi connectivity index (χ3v) is 2.91. The molecule has 4 nitrogen and oxygen atoms in total. The van der Waals surface area contributed by atoms with Crippen molar-refractivity contribution in [2.75, 3.05) is 6.54 Å². The van der Waals surface area contributed by atoms with Crippen LogP contribution in [0.5, 0.6) is 0 Å². The van der Waals surface area contributed by atoms with E-state index in [1.807, 2.05) is 0 Å². The second kappa shape index (κ2) is 5.89. The number of carboxylic acids is 1. The van der Waals surface area contributed by atoms with Crippen molar-refractivity contribution >= 4 is 35.1 Å². The fourth-order valence-corrected chi connectivity index (χ4v) is 1.37. The fraction of sp³-hybridized carbons (Fsp3) is 0.273. The Kier molecular flexibility index (Phi) is 4.78. The lowest BCUT2D eigenvalue weighted by Crippen LogP contribution is -2.31. The SMILES string of the molecule is CC(CNC(=O)c1ccc(Cl)c(Cl)c1)C(=O)O. The van der Waals surface area contributed by atoms with E-state index in [2.05, 4.69) is 5.32 Å². The first-order chi connectivity index (χ1) is 7.91. The number of carbonyl (C=O) groups excluding carboxylic acids is 1. The van der Waals surface area contributed by atoms with Crippen molar-refractivity contribution in [2.45, 2.75) is 6.92 Å². The standard InChI is InChI=1S/C11H11Cl2NO3/c1-6(11(16)17)5-14-10(15)7-2-3-8(12)9(13)4-7/h2-4,6H,5H2,1H3,(H,14,15)(H,16,17). The predicted octanol–water partition coefficient (Wildman–Crippen LogP) is 2.44. The van der Waals surface area contributed by atoms with E-state index in [-0.39, 0.29) is 17.5 Å². The Morgan fingerprint density at radius 2 is 2.00 bits per heavy atom. The summed E-state index contributed by atoms with van der Waals surface area (Å²) >= 11 is 11.5. The van der Waals surface area contributed by atoms with Crippen LogP contribution in [0, 0.1) is 5.92 Å². The van der Waals surface area contributed by atoms with Crippen LogP contribution in [0.2, 0.25) is 10.0 Å². The van der Waals surface area contributed by atoms with Crippen molar-refractivity contribution in [1.29, 1.82) is 0 Å². The van der Waals surface area contributed by atoms with Crippen LogP contribution in [0.3, 0.4) is 0 Å². The van der Waals surface area contributed by atoms with Gasteiger partial charge in [-0.1, -0.05) is 30.1 Å². The lowest BCUT2D eigenvalue weighted by atomic mass is 10.1. The number of hydrogen-bond acceptors (Lipinski definition) is 2. The van der Waals surface area contributed by atoms with Gasteiger partial charge in [0, 0.05) is 12.1 Å². The van der Waals surface area contributed by atoms with Crippen LogP contribution in [0.15, 0.2) is 18.2 Å². The summed E-state index contributed by atoms with van der Waals surface area (Å²) in [4.78, 5) is 22.2. The molecule has 1 aromatic rings. The maximum Gasteiger partial charge on any atom is 0.308 e. The van der Waals surface area contributed by atoms with E-state index < -0.39 is 11.9 Å². The minimum atomic E-state index is -0.959. The highest BCUT2D eigenvalue weighted by molar-refractivity contribution is 6.42. The molecule has 92 valence electrons. The van der Waals surface area contributed by atoms with Crippen LogP contribution in [-0.4, -0.2) is 23.5 Å². The molecule has 0 radical (unpaired) electrons. The molecule has 0 heterocycles.